The van der Waals surface area contributed by atoms with Crippen molar-refractivity contribution in [3.05, 3.63) is 71.8 Å². The third kappa shape index (κ3) is 3.39. The molecule has 0 spiro atoms. The monoisotopic (exact) mass is 320 g/mol. The highest BCUT2D eigenvalue weighted by Crippen LogP contribution is 2.25. The second-order valence-corrected chi connectivity index (χ2v) is 5.69. The summed E-state index contributed by atoms with van der Waals surface area (Å²) in [6, 6.07) is 18.8. The van der Waals surface area contributed by atoms with E-state index in [-0.39, 0.29) is 17.2 Å². The number of rotatable bonds is 5. The van der Waals surface area contributed by atoms with Gasteiger partial charge in [-0.2, -0.15) is 0 Å². The number of hydrogen-bond donors (Lipinski definition) is 3. The van der Waals surface area contributed by atoms with Gasteiger partial charge in [-0.15, -0.1) is 0 Å². The van der Waals surface area contributed by atoms with Crippen LogP contribution in [0.4, 0.5) is 5.69 Å². The molecule has 0 bridgehead atoms. The van der Waals surface area contributed by atoms with Gasteiger partial charge in [0.25, 0.3) is 5.91 Å². The number of anilines is 1. The number of phenols is 1. The zero-order valence-electron chi connectivity index (χ0n) is 13.5. The van der Waals surface area contributed by atoms with E-state index < -0.39 is 0 Å². The fourth-order valence-corrected chi connectivity index (χ4v) is 2.71. The van der Waals surface area contributed by atoms with Crippen molar-refractivity contribution in [2.75, 3.05) is 18.9 Å². The lowest BCUT2D eigenvalue weighted by atomic mass is 10.1. The molecule has 4 heteroatoms. The molecular weight excluding hydrogens is 300 g/mol. The minimum Gasteiger partial charge on any atom is -0.507 e. The van der Waals surface area contributed by atoms with Crippen molar-refractivity contribution in [3.8, 4) is 5.75 Å². The molecule has 0 fully saturated rings. The highest BCUT2D eigenvalue weighted by molar-refractivity contribution is 6.10. The standard InChI is InChI=1S/C20H20N2O2/c1-21-12-11-14-9-10-19(23)17(13-14)20(24)22-18-8-4-6-15-5-2-3-7-16(15)18/h2-10,13,21,23H,11-12H2,1H3,(H,22,24). The summed E-state index contributed by atoms with van der Waals surface area (Å²) < 4.78 is 0. The first kappa shape index (κ1) is 16.0. The molecule has 0 aromatic heterocycles. The van der Waals surface area contributed by atoms with Crippen molar-refractivity contribution in [2.24, 2.45) is 0 Å². The van der Waals surface area contributed by atoms with Crippen molar-refractivity contribution >= 4 is 22.4 Å². The van der Waals surface area contributed by atoms with E-state index in [1.807, 2.05) is 55.6 Å². The maximum atomic E-state index is 12.6. The smallest absolute Gasteiger partial charge is 0.259 e. The van der Waals surface area contributed by atoms with E-state index in [1.165, 1.54) is 0 Å². The molecule has 0 unspecified atom stereocenters. The lowest BCUT2D eigenvalue weighted by Gasteiger charge is -2.11. The predicted octanol–water partition coefficient (Wildman–Crippen LogP) is 3.56. The number of phenolic OH excluding ortho intramolecular Hbond substituents is 1. The fourth-order valence-electron chi connectivity index (χ4n) is 2.71. The number of carbonyl (C=O) groups is 1. The van der Waals surface area contributed by atoms with Crippen LogP contribution in [0.25, 0.3) is 10.8 Å². The average molecular weight is 320 g/mol. The topological polar surface area (TPSA) is 61.4 Å². The molecule has 122 valence electrons. The second-order valence-electron chi connectivity index (χ2n) is 5.69. The number of likely N-dealkylation sites (N-methyl/N-ethyl adjacent to an activating group) is 1. The number of nitrogens with one attached hydrogen (secondary N) is 2. The maximum absolute atomic E-state index is 12.6. The number of hydrogen-bond acceptors (Lipinski definition) is 3. The summed E-state index contributed by atoms with van der Waals surface area (Å²) in [7, 11) is 1.88. The van der Waals surface area contributed by atoms with Crippen LogP contribution in [-0.4, -0.2) is 24.6 Å². The molecular formula is C20H20N2O2. The molecule has 0 radical (unpaired) electrons. The number of benzene rings is 3. The van der Waals surface area contributed by atoms with E-state index in [1.54, 1.807) is 12.1 Å². The van der Waals surface area contributed by atoms with Crippen molar-refractivity contribution < 1.29 is 9.90 Å². The van der Waals surface area contributed by atoms with Gasteiger partial charge in [0.05, 0.1) is 5.56 Å². The summed E-state index contributed by atoms with van der Waals surface area (Å²) in [6.07, 6.45) is 0.797. The minimum absolute atomic E-state index is 0.0130. The molecule has 0 aliphatic heterocycles. The fraction of sp³-hybridized carbons (Fsp3) is 0.150. The Labute approximate surface area is 141 Å². The first-order valence-corrected chi connectivity index (χ1v) is 7.94. The van der Waals surface area contributed by atoms with Gasteiger partial charge in [-0.25, -0.2) is 0 Å². The largest absolute Gasteiger partial charge is 0.507 e. The molecule has 0 heterocycles. The molecule has 0 atom stereocenters. The Morgan fingerprint density at radius 2 is 1.83 bits per heavy atom. The molecule has 3 N–H and O–H groups in total. The molecule has 3 aromatic carbocycles. The Hall–Kier alpha value is -2.85. The van der Waals surface area contributed by atoms with Gasteiger partial charge < -0.3 is 15.7 Å². The summed E-state index contributed by atoms with van der Waals surface area (Å²) in [5.41, 5.74) is 2.03. The Balaban J connectivity index is 1.89. The van der Waals surface area contributed by atoms with Gasteiger partial charge in [0, 0.05) is 11.1 Å². The van der Waals surface area contributed by atoms with E-state index in [0.717, 1.165) is 35.0 Å². The molecule has 4 nitrogen and oxygen atoms in total. The summed E-state index contributed by atoms with van der Waals surface area (Å²) in [5.74, 6) is -0.323. The van der Waals surface area contributed by atoms with Gasteiger partial charge in [-0.1, -0.05) is 42.5 Å². The normalized spacial score (nSPS) is 10.7. The van der Waals surface area contributed by atoms with Gasteiger partial charge in [0.15, 0.2) is 0 Å². The zero-order chi connectivity index (χ0) is 16.9. The van der Waals surface area contributed by atoms with E-state index >= 15 is 0 Å². The van der Waals surface area contributed by atoms with Crippen LogP contribution in [-0.2, 0) is 6.42 Å². The van der Waals surface area contributed by atoms with Crippen LogP contribution in [0.3, 0.4) is 0 Å². The third-order valence-electron chi connectivity index (χ3n) is 4.01. The summed E-state index contributed by atoms with van der Waals surface area (Å²) in [4.78, 5) is 12.6. The first-order valence-electron chi connectivity index (χ1n) is 7.94. The molecule has 24 heavy (non-hydrogen) atoms. The Morgan fingerprint density at radius 3 is 2.67 bits per heavy atom. The molecule has 3 aromatic rings. The second kappa shape index (κ2) is 7.15. The van der Waals surface area contributed by atoms with E-state index in [9.17, 15) is 9.90 Å². The van der Waals surface area contributed by atoms with Gasteiger partial charge >= 0.3 is 0 Å². The van der Waals surface area contributed by atoms with Crippen LogP contribution in [0.5, 0.6) is 5.75 Å². The highest BCUT2D eigenvalue weighted by Gasteiger charge is 2.13. The quantitative estimate of drug-likeness (QED) is 0.673. The van der Waals surface area contributed by atoms with Crippen LogP contribution < -0.4 is 10.6 Å². The Bertz CT molecular complexity index is 869. The number of aromatic hydroxyl groups is 1. The van der Waals surface area contributed by atoms with E-state index in [4.69, 9.17) is 0 Å². The average Bonchev–Trinajstić information content (AvgIpc) is 2.61. The number of amides is 1. The lowest BCUT2D eigenvalue weighted by molar-refractivity contribution is 0.102. The molecule has 0 saturated heterocycles. The summed E-state index contributed by atoms with van der Waals surface area (Å²) >= 11 is 0. The van der Waals surface area contributed by atoms with Crippen LogP contribution in [0.2, 0.25) is 0 Å². The molecule has 0 saturated carbocycles. The molecule has 3 rings (SSSR count). The van der Waals surface area contributed by atoms with E-state index in [2.05, 4.69) is 10.6 Å². The zero-order valence-corrected chi connectivity index (χ0v) is 13.5. The third-order valence-corrected chi connectivity index (χ3v) is 4.01. The Kier molecular flexibility index (Phi) is 4.77. The first-order chi connectivity index (χ1) is 11.7. The molecule has 1 amide bonds. The summed E-state index contributed by atoms with van der Waals surface area (Å²) in [6.45, 7) is 0.815. The summed E-state index contributed by atoms with van der Waals surface area (Å²) in [5, 5.41) is 18.1. The van der Waals surface area contributed by atoms with Crippen LogP contribution in [0, 0.1) is 0 Å². The van der Waals surface area contributed by atoms with Crippen LogP contribution in [0.15, 0.2) is 60.7 Å². The van der Waals surface area contributed by atoms with Gasteiger partial charge in [-0.3, -0.25) is 4.79 Å². The van der Waals surface area contributed by atoms with Gasteiger partial charge in [0.1, 0.15) is 5.75 Å². The lowest BCUT2D eigenvalue weighted by Crippen LogP contribution is -2.14. The van der Waals surface area contributed by atoms with Crippen molar-refractivity contribution in [2.45, 2.75) is 6.42 Å². The SMILES string of the molecule is CNCCc1ccc(O)c(C(=O)Nc2cccc3ccccc23)c1. The molecule has 0 aliphatic rings. The van der Waals surface area contributed by atoms with Crippen LogP contribution in [0.1, 0.15) is 15.9 Å². The predicted molar refractivity (Wildman–Crippen MR) is 97.6 cm³/mol. The van der Waals surface area contributed by atoms with E-state index in [0.29, 0.717) is 0 Å². The Morgan fingerprint density at radius 1 is 1.04 bits per heavy atom. The van der Waals surface area contributed by atoms with Crippen molar-refractivity contribution in [1.29, 1.82) is 0 Å². The van der Waals surface area contributed by atoms with Gasteiger partial charge in [-0.05, 0) is 49.2 Å². The molecule has 0 aliphatic carbocycles. The number of carbonyl (C=O) groups excluding carboxylic acids is 1. The highest BCUT2D eigenvalue weighted by atomic mass is 16.3. The number of fused-ring (bicyclic) bond motifs is 1. The maximum Gasteiger partial charge on any atom is 0.259 e. The minimum atomic E-state index is -0.310. The van der Waals surface area contributed by atoms with Crippen molar-refractivity contribution in [1.82, 2.24) is 5.32 Å². The van der Waals surface area contributed by atoms with Gasteiger partial charge in [0.2, 0.25) is 0 Å². The van der Waals surface area contributed by atoms with Crippen molar-refractivity contribution in [3.63, 3.8) is 0 Å². The van der Waals surface area contributed by atoms with Crippen LogP contribution >= 0.6 is 0 Å².